The summed E-state index contributed by atoms with van der Waals surface area (Å²) in [6.45, 7) is 0. The van der Waals surface area contributed by atoms with Gasteiger partial charge in [-0.3, -0.25) is 15.4 Å². The van der Waals surface area contributed by atoms with E-state index in [1.54, 1.807) is 19.5 Å². The number of nitrogens with one attached hydrogen (secondary N) is 1. The first-order valence-electron chi connectivity index (χ1n) is 7.62. The van der Waals surface area contributed by atoms with Crippen molar-refractivity contribution < 1.29 is 4.74 Å². The maximum Gasteiger partial charge on any atom is 0.137 e. The van der Waals surface area contributed by atoms with Gasteiger partial charge in [0.25, 0.3) is 0 Å². The Bertz CT molecular complexity index is 801. The van der Waals surface area contributed by atoms with Crippen LogP contribution >= 0.6 is 0 Å². The van der Waals surface area contributed by atoms with Crippen LogP contribution in [0.25, 0.3) is 11.1 Å². The SMILES string of the molecule is COc1cncc(-c2ccc(N/N=C/Cc3ccccn3)cc2)c1. The van der Waals surface area contributed by atoms with Crippen LogP contribution in [0.5, 0.6) is 5.75 Å². The van der Waals surface area contributed by atoms with Gasteiger partial charge in [-0.2, -0.15) is 5.10 Å². The average Bonchev–Trinajstić information content (AvgIpc) is 2.66. The normalized spacial score (nSPS) is 10.7. The molecule has 0 fully saturated rings. The molecule has 0 spiro atoms. The number of rotatable bonds is 6. The second-order valence-corrected chi connectivity index (χ2v) is 5.14. The Morgan fingerprint density at radius 1 is 1.08 bits per heavy atom. The largest absolute Gasteiger partial charge is 0.495 e. The molecule has 120 valence electrons. The number of aromatic nitrogens is 2. The first kappa shape index (κ1) is 15.7. The van der Waals surface area contributed by atoms with Crippen molar-refractivity contribution in [3.05, 3.63) is 72.8 Å². The van der Waals surface area contributed by atoms with E-state index in [1.807, 2.05) is 60.9 Å². The summed E-state index contributed by atoms with van der Waals surface area (Å²) < 4.78 is 5.20. The van der Waals surface area contributed by atoms with Crippen molar-refractivity contribution in [3.8, 4) is 16.9 Å². The van der Waals surface area contributed by atoms with Crippen LogP contribution in [0.3, 0.4) is 0 Å². The second-order valence-electron chi connectivity index (χ2n) is 5.14. The zero-order valence-electron chi connectivity index (χ0n) is 13.4. The number of ether oxygens (including phenoxy) is 1. The summed E-state index contributed by atoms with van der Waals surface area (Å²) in [5.41, 5.74) is 7.02. The molecule has 24 heavy (non-hydrogen) atoms. The maximum atomic E-state index is 5.20. The van der Waals surface area contributed by atoms with E-state index in [2.05, 4.69) is 20.5 Å². The number of methoxy groups -OCH3 is 1. The van der Waals surface area contributed by atoms with Gasteiger partial charge in [0, 0.05) is 36.3 Å². The molecule has 2 heterocycles. The minimum Gasteiger partial charge on any atom is -0.495 e. The first-order chi connectivity index (χ1) is 11.8. The molecule has 0 aliphatic carbocycles. The summed E-state index contributed by atoms with van der Waals surface area (Å²) in [7, 11) is 1.64. The van der Waals surface area contributed by atoms with E-state index in [-0.39, 0.29) is 0 Å². The fourth-order valence-corrected chi connectivity index (χ4v) is 2.20. The summed E-state index contributed by atoms with van der Waals surface area (Å²) in [6.07, 6.45) is 7.79. The van der Waals surface area contributed by atoms with Gasteiger partial charge in [-0.05, 0) is 35.9 Å². The van der Waals surface area contributed by atoms with Gasteiger partial charge in [-0.1, -0.05) is 18.2 Å². The predicted octanol–water partition coefficient (Wildman–Crippen LogP) is 3.79. The van der Waals surface area contributed by atoms with Crippen molar-refractivity contribution in [3.63, 3.8) is 0 Å². The molecular formula is C19H18N4O. The van der Waals surface area contributed by atoms with E-state index >= 15 is 0 Å². The molecule has 0 bridgehead atoms. The Kier molecular flexibility index (Phi) is 5.14. The molecule has 0 saturated carbocycles. The topological polar surface area (TPSA) is 59.4 Å². The summed E-state index contributed by atoms with van der Waals surface area (Å²) >= 11 is 0. The van der Waals surface area contributed by atoms with Gasteiger partial charge in [0.05, 0.1) is 19.0 Å². The lowest BCUT2D eigenvalue weighted by Crippen LogP contribution is -1.94. The number of hydrogen-bond acceptors (Lipinski definition) is 5. The van der Waals surface area contributed by atoms with Crippen LogP contribution in [0.15, 0.2) is 72.2 Å². The Morgan fingerprint density at radius 2 is 1.96 bits per heavy atom. The molecule has 3 rings (SSSR count). The van der Waals surface area contributed by atoms with Crippen molar-refractivity contribution in [1.29, 1.82) is 0 Å². The third kappa shape index (κ3) is 4.16. The molecule has 0 aliphatic rings. The van der Waals surface area contributed by atoms with E-state index in [1.165, 1.54) is 0 Å². The number of benzene rings is 1. The highest BCUT2D eigenvalue weighted by atomic mass is 16.5. The molecule has 0 unspecified atom stereocenters. The molecule has 2 aromatic heterocycles. The Balaban J connectivity index is 1.60. The first-order valence-corrected chi connectivity index (χ1v) is 7.62. The fraction of sp³-hybridized carbons (Fsp3) is 0.105. The van der Waals surface area contributed by atoms with Crippen molar-refractivity contribution >= 4 is 11.9 Å². The number of nitrogens with zero attached hydrogens (tertiary/aromatic N) is 3. The highest BCUT2D eigenvalue weighted by Crippen LogP contribution is 2.23. The molecule has 1 aromatic carbocycles. The molecule has 5 nitrogen and oxygen atoms in total. The summed E-state index contributed by atoms with van der Waals surface area (Å²) in [6, 6.07) is 15.8. The summed E-state index contributed by atoms with van der Waals surface area (Å²) in [5, 5.41) is 4.22. The molecule has 0 radical (unpaired) electrons. The lowest BCUT2D eigenvalue weighted by atomic mass is 10.1. The van der Waals surface area contributed by atoms with Gasteiger partial charge in [0.1, 0.15) is 5.75 Å². The molecule has 0 amide bonds. The van der Waals surface area contributed by atoms with Gasteiger partial charge in [-0.15, -0.1) is 0 Å². The van der Waals surface area contributed by atoms with Gasteiger partial charge < -0.3 is 4.74 Å². The monoisotopic (exact) mass is 318 g/mol. The standard InChI is InChI=1S/C19H18N4O/c1-24-19-12-16(13-20-14-19)15-5-7-18(8-6-15)23-22-11-9-17-4-2-3-10-21-17/h2-8,10-14,23H,9H2,1H3/b22-11+. The highest BCUT2D eigenvalue weighted by molar-refractivity contribution is 5.67. The van der Waals surface area contributed by atoms with E-state index in [0.29, 0.717) is 6.42 Å². The predicted molar refractivity (Wildman–Crippen MR) is 96.3 cm³/mol. The molecule has 0 aliphatic heterocycles. The molecule has 1 N–H and O–H groups in total. The van der Waals surface area contributed by atoms with Gasteiger partial charge in [-0.25, -0.2) is 0 Å². The molecule has 0 saturated heterocycles. The van der Waals surface area contributed by atoms with Gasteiger partial charge in [0.15, 0.2) is 0 Å². The van der Waals surface area contributed by atoms with Crippen LogP contribution in [-0.2, 0) is 6.42 Å². The van der Waals surface area contributed by atoms with Crippen molar-refractivity contribution in [2.24, 2.45) is 5.10 Å². The van der Waals surface area contributed by atoms with Gasteiger partial charge in [0.2, 0.25) is 0 Å². The molecule has 5 heteroatoms. The average molecular weight is 318 g/mol. The van der Waals surface area contributed by atoms with Crippen LogP contribution in [0.1, 0.15) is 5.69 Å². The number of hydrogen-bond donors (Lipinski definition) is 1. The third-order valence-electron chi connectivity index (χ3n) is 3.48. The minimum absolute atomic E-state index is 0.696. The van der Waals surface area contributed by atoms with Crippen molar-refractivity contribution in [1.82, 2.24) is 9.97 Å². The summed E-state index contributed by atoms with van der Waals surface area (Å²) in [4.78, 5) is 8.42. The Hall–Kier alpha value is -3.21. The van der Waals surface area contributed by atoms with Crippen LogP contribution in [-0.4, -0.2) is 23.3 Å². The van der Waals surface area contributed by atoms with Crippen LogP contribution < -0.4 is 10.2 Å². The highest BCUT2D eigenvalue weighted by Gasteiger charge is 2.00. The van der Waals surface area contributed by atoms with E-state index in [4.69, 9.17) is 4.74 Å². The second kappa shape index (κ2) is 7.87. The maximum absolute atomic E-state index is 5.20. The van der Waals surface area contributed by atoms with Crippen molar-refractivity contribution in [2.45, 2.75) is 6.42 Å². The zero-order valence-corrected chi connectivity index (χ0v) is 13.4. The lowest BCUT2D eigenvalue weighted by Gasteiger charge is -2.05. The zero-order chi connectivity index (χ0) is 16.6. The van der Waals surface area contributed by atoms with Crippen LogP contribution in [0, 0.1) is 0 Å². The molecule has 0 atom stereocenters. The van der Waals surface area contributed by atoms with Crippen molar-refractivity contribution in [2.75, 3.05) is 12.5 Å². The molecular weight excluding hydrogens is 300 g/mol. The Morgan fingerprint density at radius 3 is 2.71 bits per heavy atom. The summed E-state index contributed by atoms with van der Waals surface area (Å²) in [5.74, 6) is 0.744. The van der Waals surface area contributed by atoms with E-state index < -0.39 is 0 Å². The quantitative estimate of drug-likeness (QED) is 0.555. The van der Waals surface area contributed by atoms with E-state index in [0.717, 1.165) is 28.3 Å². The van der Waals surface area contributed by atoms with Crippen LogP contribution in [0.2, 0.25) is 0 Å². The van der Waals surface area contributed by atoms with E-state index in [9.17, 15) is 0 Å². The minimum atomic E-state index is 0.696. The van der Waals surface area contributed by atoms with Crippen LogP contribution in [0.4, 0.5) is 5.69 Å². The lowest BCUT2D eigenvalue weighted by molar-refractivity contribution is 0.413. The smallest absolute Gasteiger partial charge is 0.137 e. The number of anilines is 1. The number of pyridine rings is 2. The third-order valence-corrected chi connectivity index (χ3v) is 3.48. The number of hydrazone groups is 1. The van der Waals surface area contributed by atoms with Gasteiger partial charge >= 0.3 is 0 Å². The fourth-order valence-electron chi connectivity index (χ4n) is 2.20. The Labute approximate surface area is 141 Å². The molecule has 3 aromatic rings.